The smallest absolute Gasteiger partial charge is 0.0399 e. The fraction of sp³-hybridized carbons (Fsp3) is 0.684. The standard InChI is InChI=1S/C19H30N2/c1-3-20-15(2)17-9-10-19-18(13-17)11-12-21(19)14-16-7-5-4-6-8-16/h9-10,13,15-16,20H,3-8,11-12,14H2,1-2H3. The predicted octanol–water partition coefficient (Wildman–Crippen LogP) is 4.30. The summed E-state index contributed by atoms with van der Waals surface area (Å²) in [5.74, 6) is 0.935. The molecule has 3 rings (SSSR count). The van der Waals surface area contributed by atoms with E-state index in [4.69, 9.17) is 0 Å². The van der Waals surface area contributed by atoms with Crippen molar-refractivity contribution in [2.24, 2.45) is 5.92 Å². The van der Waals surface area contributed by atoms with Gasteiger partial charge in [0.1, 0.15) is 0 Å². The molecule has 1 atom stereocenters. The van der Waals surface area contributed by atoms with Crippen LogP contribution in [0.1, 0.15) is 63.1 Å². The highest BCUT2D eigenvalue weighted by atomic mass is 15.1. The topological polar surface area (TPSA) is 15.3 Å². The van der Waals surface area contributed by atoms with Gasteiger partial charge in [0.15, 0.2) is 0 Å². The minimum absolute atomic E-state index is 0.465. The van der Waals surface area contributed by atoms with Crippen molar-refractivity contribution in [1.29, 1.82) is 0 Å². The molecule has 0 amide bonds. The van der Waals surface area contributed by atoms with Gasteiger partial charge in [-0.3, -0.25) is 0 Å². The molecule has 0 bridgehead atoms. The van der Waals surface area contributed by atoms with Crippen LogP contribution in [0.3, 0.4) is 0 Å². The highest BCUT2D eigenvalue weighted by Crippen LogP contribution is 2.33. The van der Waals surface area contributed by atoms with Gasteiger partial charge in [0.25, 0.3) is 0 Å². The molecule has 1 fully saturated rings. The minimum Gasteiger partial charge on any atom is -0.371 e. The Bertz CT molecular complexity index is 463. The Morgan fingerprint density at radius 3 is 2.81 bits per heavy atom. The van der Waals surface area contributed by atoms with Crippen LogP contribution in [0.5, 0.6) is 0 Å². The van der Waals surface area contributed by atoms with Crippen molar-refractivity contribution in [3.05, 3.63) is 29.3 Å². The Morgan fingerprint density at radius 1 is 1.24 bits per heavy atom. The van der Waals surface area contributed by atoms with Crippen molar-refractivity contribution >= 4 is 5.69 Å². The lowest BCUT2D eigenvalue weighted by Gasteiger charge is -2.28. The van der Waals surface area contributed by atoms with Crippen molar-refractivity contribution in [2.45, 2.75) is 58.4 Å². The van der Waals surface area contributed by atoms with Crippen LogP contribution < -0.4 is 10.2 Å². The fourth-order valence-corrected chi connectivity index (χ4v) is 4.05. The maximum atomic E-state index is 3.52. The number of nitrogens with zero attached hydrogens (tertiary/aromatic N) is 1. The number of hydrogen-bond acceptors (Lipinski definition) is 2. The molecule has 21 heavy (non-hydrogen) atoms. The van der Waals surface area contributed by atoms with Gasteiger partial charge < -0.3 is 10.2 Å². The van der Waals surface area contributed by atoms with Crippen LogP contribution in [0.15, 0.2) is 18.2 Å². The number of rotatable bonds is 5. The van der Waals surface area contributed by atoms with E-state index >= 15 is 0 Å². The molecule has 0 aromatic heterocycles. The van der Waals surface area contributed by atoms with E-state index in [2.05, 4.69) is 42.3 Å². The molecule has 1 N–H and O–H groups in total. The molecule has 2 heteroatoms. The lowest BCUT2D eigenvalue weighted by Crippen LogP contribution is -2.28. The molecule has 2 aliphatic rings. The largest absolute Gasteiger partial charge is 0.371 e. The Morgan fingerprint density at radius 2 is 2.05 bits per heavy atom. The summed E-state index contributed by atoms with van der Waals surface area (Å²) in [4.78, 5) is 2.65. The van der Waals surface area contributed by atoms with Crippen LogP contribution in [0.4, 0.5) is 5.69 Å². The first kappa shape index (κ1) is 14.9. The third-order valence-corrected chi connectivity index (χ3v) is 5.31. The summed E-state index contributed by atoms with van der Waals surface area (Å²) in [7, 11) is 0. The molecule has 1 aromatic carbocycles. The molecule has 1 heterocycles. The monoisotopic (exact) mass is 286 g/mol. The molecular weight excluding hydrogens is 256 g/mol. The van der Waals surface area contributed by atoms with Crippen LogP contribution in [0, 0.1) is 5.92 Å². The zero-order valence-electron chi connectivity index (χ0n) is 13.7. The van der Waals surface area contributed by atoms with Crippen LogP contribution in [-0.4, -0.2) is 19.6 Å². The molecule has 1 aliphatic carbocycles. The number of nitrogens with one attached hydrogen (secondary N) is 1. The van der Waals surface area contributed by atoms with Gasteiger partial charge in [0.05, 0.1) is 0 Å². The van der Waals surface area contributed by atoms with Gasteiger partial charge in [-0.15, -0.1) is 0 Å². The van der Waals surface area contributed by atoms with Crippen LogP contribution in [0.25, 0.3) is 0 Å². The first-order valence-electron chi connectivity index (χ1n) is 8.89. The third kappa shape index (κ3) is 3.42. The Labute approximate surface area is 129 Å². The summed E-state index contributed by atoms with van der Waals surface area (Å²) in [5.41, 5.74) is 4.51. The minimum atomic E-state index is 0.465. The van der Waals surface area contributed by atoms with E-state index in [1.807, 2.05) is 0 Å². The summed E-state index contributed by atoms with van der Waals surface area (Å²) in [6.07, 6.45) is 8.48. The molecule has 0 spiro atoms. The van der Waals surface area contributed by atoms with E-state index in [1.165, 1.54) is 62.9 Å². The SMILES string of the molecule is CCNC(C)c1ccc2c(c1)CCN2CC1CCCCC1. The summed E-state index contributed by atoms with van der Waals surface area (Å²) in [6.45, 7) is 7.99. The van der Waals surface area contributed by atoms with Crippen molar-refractivity contribution in [1.82, 2.24) is 5.32 Å². The highest BCUT2D eigenvalue weighted by molar-refractivity contribution is 5.59. The Balaban J connectivity index is 1.67. The van der Waals surface area contributed by atoms with E-state index < -0.39 is 0 Å². The molecular formula is C19H30N2. The van der Waals surface area contributed by atoms with Gasteiger partial charge in [-0.1, -0.05) is 38.3 Å². The molecule has 1 aromatic rings. The van der Waals surface area contributed by atoms with E-state index in [9.17, 15) is 0 Å². The van der Waals surface area contributed by atoms with Gasteiger partial charge in [-0.05, 0) is 55.8 Å². The van der Waals surface area contributed by atoms with Gasteiger partial charge in [-0.25, -0.2) is 0 Å². The van der Waals surface area contributed by atoms with Crippen molar-refractivity contribution in [3.63, 3.8) is 0 Å². The highest BCUT2D eigenvalue weighted by Gasteiger charge is 2.23. The zero-order valence-corrected chi connectivity index (χ0v) is 13.7. The molecule has 1 unspecified atom stereocenters. The molecule has 1 aliphatic heterocycles. The van der Waals surface area contributed by atoms with Crippen molar-refractivity contribution in [3.8, 4) is 0 Å². The Hall–Kier alpha value is -1.02. The first-order chi connectivity index (χ1) is 10.3. The van der Waals surface area contributed by atoms with E-state index in [-0.39, 0.29) is 0 Å². The van der Waals surface area contributed by atoms with Crippen molar-refractivity contribution < 1.29 is 0 Å². The first-order valence-corrected chi connectivity index (χ1v) is 8.89. The predicted molar refractivity (Wildman–Crippen MR) is 91.0 cm³/mol. The summed E-state index contributed by atoms with van der Waals surface area (Å²) in [6, 6.07) is 7.59. The number of hydrogen-bond donors (Lipinski definition) is 1. The van der Waals surface area contributed by atoms with Crippen LogP contribution >= 0.6 is 0 Å². The quantitative estimate of drug-likeness (QED) is 0.868. The summed E-state index contributed by atoms with van der Waals surface area (Å²) in [5, 5.41) is 3.52. The van der Waals surface area contributed by atoms with E-state index in [0.29, 0.717) is 6.04 Å². The van der Waals surface area contributed by atoms with E-state index in [1.54, 1.807) is 5.56 Å². The molecule has 2 nitrogen and oxygen atoms in total. The lowest BCUT2D eigenvalue weighted by atomic mass is 9.89. The van der Waals surface area contributed by atoms with Gasteiger partial charge in [0, 0.05) is 24.8 Å². The molecule has 0 saturated heterocycles. The van der Waals surface area contributed by atoms with Crippen molar-refractivity contribution in [2.75, 3.05) is 24.5 Å². The number of anilines is 1. The molecule has 0 radical (unpaired) electrons. The summed E-state index contributed by atoms with van der Waals surface area (Å²) < 4.78 is 0. The van der Waals surface area contributed by atoms with Gasteiger partial charge >= 0.3 is 0 Å². The average molecular weight is 286 g/mol. The second-order valence-electron chi connectivity index (χ2n) is 6.87. The van der Waals surface area contributed by atoms with Crippen LogP contribution in [-0.2, 0) is 6.42 Å². The summed E-state index contributed by atoms with van der Waals surface area (Å²) >= 11 is 0. The zero-order chi connectivity index (χ0) is 14.7. The average Bonchev–Trinajstić information content (AvgIpc) is 2.91. The molecule has 1 saturated carbocycles. The number of benzene rings is 1. The normalized spacial score (nSPS) is 20.6. The van der Waals surface area contributed by atoms with Crippen LogP contribution in [0.2, 0.25) is 0 Å². The maximum absolute atomic E-state index is 3.52. The molecule has 116 valence electrons. The Kier molecular flexibility index (Phi) is 4.84. The van der Waals surface area contributed by atoms with E-state index in [0.717, 1.165) is 12.5 Å². The van der Waals surface area contributed by atoms with Gasteiger partial charge in [-0.2, -0.15) is 0 Å². The lowest BCUT2D eigenvalue weighted by molar-refractivity contribution is 0.360. The second-order valence-corrected chi connectivity index (χ2v) is 6.87. The third-order valence-electron chi connectivity index (χ3n) is 5.31. The maximum Gasteiger partial charge on any atom is 0.0399 e. The fourth-order valence-electron chi connectivity index (χ4n) is 4.05. The number of fused-ring (bicyclic) bond motifs is 1. The van der Waals surface area contributed by atoms with Gasteiger partial charge in [0.2, 0.25) is 0 Å². The second kappa shape index (κ2) is 6.83.